The van der Waals surface area contributed by atoms with Crippen LogP contribution in [0, 0.1) is 13.8 Å². The zero-order valence-electron chi connectivity index (χ0n) is 14.4. The maximum absolute atomic E-state index is 11.2. The molecule has 128 valence electrons. The Hall–Kier alpha value is -2.21. The fourth-order valence-electron chi connectivity index (χ4n) is 3.42. The Morgan fingerprint density at radius 2 is 2.00 bits per heavy atom. The number of nitrogens with zero attached hydrogens (tertiary/aromatic N) is 4. The van der Waals surface area contributed by atoms with Gasteiger partial charge in [-0.2, -0.15) is 5.10 Å². The van der Waals surface area contributed by atoms with Crippen molar-refractivity contribution < 1.29 is 4.79 Å². The summed E-state index contributed by atoms with van der Waals surface area (Å²) in [5.74, 6) is 1.43. The Labute approximate surface area is 142 Å². The minimum Gasteiger partial charge on any atom is -0.366 e. The summed E-state index contributed by atoms with van der Waals surface area (Å²) in [5, 5.41) is 4.50. The van der Waals surface area contributed by atoms with E-state index < -0.39 is 0 Å². The molecule has 6 nitrogen and oxygen atoms in total. The number of likely N-dealkylation sites (tertiary alicyclic amines) is 1. The van der Waals surface area contributed by atoms with Crippen LogP contribution in [0.15, 0.2) is 24.3 Å². The van der Waals surface area contributed by atoms with Crippen molar-refractivity contribution >= 4 is 5.91 Å². The van der Waals surface area contributed by atoms with Crippen LogP contribution in [0.25, 0.3) is 0 Å². The van der Waals surface area contributed by atoms with Crippen molar-refractivity contribution in [1.82, 2.24) is 19.7 Å². The Morgan fingerprint density at radius 3 is 2.62 bits per heavy atom. The van der Waals surface area contributed by atoms with Gasteiger partial charge in [0.1, 0.15) is 11.6 Å². The number of amides is 1. The van der Waals surface area contributed by atoms with E-state index in [1.807, 2.05) is 42.8 Å². The van der Waals surface area contributed by atoms with Crippen LogP contribution in [0.2, 0.25) is 0 Å². The molecule has 2 aromatic rings. The summed E-state index contributed by atoms with van der Waals surface area (Å²) in [7, 11) is 0. The smallest absolute Gasteiger partial charge is 0.248 e. The average molecular weight is 327 g/mol. The van der Waals surface area contributed by atoms with E-state index in [2.05, 4.69) is 15.0 Å². The molecule has 1 aromatic carbocycles. The van der Waals surface area contributed by atoms with Crippen LogP contribution in [-0.2, 0) is 13.1 Å². The second kappa shape index (κ2) is 7.13. The summed E-state index contributed by atoms with van der Waals surface area (Å²) >= 11 is 0. The second-order valence-corrected chi connectivity index (χ2v) is 6.57. The number of primary amides is 1. The predicted molar refractivity (Wildman–Crippen MR) is 92.5 cm³/mol. The fraction of sp³-hybridized carbons (Fsp3) is 0.500. The zero-order chi connectivity index (χ0) is 17.1. The van der Waals surface area contributed by atoms with E-state index in [1.54, 1.807) is 0 Å². The largest absolute Gasteiger partial charge is 0.366 e. The lowest BCUT2D eigenvalue weighted by molar-refractivity contribution is 0.1000. The number of carbonyl (C=O) groups excluding carboxylic acids is 1. The molecule has 1 aliphatic rings. The van der Waals surface area contributed by atoms with Crippen molar-refractivity contribution in [2.75, 3.05) is 6.54 Å². The molecule has 0 saturated carbocycles. The van der Waals surface area contributed by atoms with Gasteiger partial charge in [0.15, 0.2) is 0 Å². The molecule has 1 saturated heterocycles. The normalized spacial score (nSPS) is 18.7. The zero-order valence-corrected chi connectivity index (χ0v) is 14.4. The lowest BCUT2D eigenvalue weighted by Gasteiger charge is -2.35. The molecule has 0 bridgehead atoms. The van der Waals surface area contributed by atoms with Crippen LogP contribution < -0.4 is 5.73 Å². The highest BCUT2D eigenvalue weighted by atomic mass is 16.1. The van der Waals surface area contributed by atoms with Gasteiger partial charge in [-0.1, -0.05) is 18.6 Å². The van der Waals surface area contributed by atoms with E-state index >= 15 is 0 Å². The van der Waals surface area contributed by atoms with Gasteiger partial charge in [0.05, 0.1) is 6.54 Å². The van der Waals surface area contributed by atoms with Crippen molar-refractivity contribution in [2.24, 2.45) is 5.73 Å². The topological polar surface area (TPSA) is 77.0 Å². The van der Waals surface area contributed by atoms with Crippen LogP contribution >= 0.6 is 0 Å². The Balaban J connectivity index is 1.70. The van der Waals surface area contributed by atoms with Gasteiger partial charge in [0.2, 0.25) is 5.91 Å². The molecule has 2 heterocycles. The monoisotopic (exact) mass is 327 g/mol. The predicted octanol–water partition coefficient (Wildman–Crippen LogP) is 2.05. The van der Waals surface area contributed by atoms with E-state index in [9.17, 15) is 4.79 Å². The third kappa shape index (κ3) is 3.82. The summed E-state index contributed by atoms with van der Waals surface area (Å²) in [5.41, 5.74) is 7.07. The number of aryl methyl sites for hydroxylation is 2. The molecular formula is C18H25N5O. The highest BCUT2D eigenvalue weighted by Crippen LogP contribution is 2.21. The van der Waals surface area contributed by atoms with Crippen molar-refractivity contribution in [3.8, 4) is 0 Å². The lowest BCUT2D eigenvalue weighted by Crippen LogP contribution is -2.41. The van der Waals surface area contributed by atoms with Crippen molar-refractivity contribution in [2.45, 2.75) is 52.2 Å². The first-order chi connectivity index (χ1) is 11.5. The highest BCUT2D eigenvalue weighted by Gasteiger charge is 2.24. The van der Waals surface area contributed by atoms with E-state index in [0.717, 1.165) is 31.3 Å². The lowest BCUT2D eigenvalue weighted by atomic mass is 10.0. The van der Waals surface area contributed by atoms with E-state index in [0.29, 0.717) is 11.6 Å². The second-order valence-electron chi connectivity index (χ2n) is 6.57. The third-order valence-corrected chi connectivity index (χ3v) is 4.72. The Morgan fingerprint density at radius 1 is 1.25 bits per heavy atom. The molecule has 1 fully saturated rings. The van der Waals surface area contributed by atoms with E-state index in [1.165, 1.54) is 24.8 Å². The van der Waals surface area contributed by atoms with Gasteiger partial charge in [0.25, 0.3) is 0 Å². The summed E-state index contributed by atoms with van der Waals surface area (Å²) < 4.78 is 2.02. The molecule has 3 rings (SSSR count). The minimum atomic E-state index is -0.380. The maximum atomic E-state index is 11.2. The van der Waals surface area contributed by atoms with Gasteiger partial charge < -0.3 is 5.73 Å². The molecule has 1 aromatic heterocycles. The third-order valence-electron chi connectivity index (χ3n) is 4.72. The summed E-state index contributed by atoms with van der Waals surface area (Å²) in [6.07, 6.45) is 3.66. The summed E-state index contributed by atoms with van der Waals surface area (Å²) in [4.78, 5) is 18.1. The molecule has 0 aliphatic carbocycles. The first-order valence-corrected chi connectivity index (χ1v) is 8.54. The first kappa shape index (κ1) is 16.6. The average Bonchev–Trinajstić information content (AvgIpc) is 2.87. The molecule has 1 amide bonds. The quantitative estimate of drug-likeness (QED) is 0.912. The number of nitrogens with two attached hydrogens (primary N) is 1. The molecular weight excluding hydrogens is 302 g/mol. The van der Waals surface area contributed by atoms with E-state index in [-0.39, 0.29) is 5.91 Å². The standard InChI is InChI=1S/C18H25N5O/c1-13-20-14(2)23(21-13)12-17-5-3-4-10-22(17)11-15-6-8-16(9-7-15)18(19)24/h6-9,17H,3-5,10-12H2,1-2H3,(H2,19,24)/t17-/m1/s1. The first-order valence-electron chi connectivity index (χ1n) is 8.54. The van der Waals surface area contributed by atoms with Crippen LogP contribution in [0.4, 0.5) is 0 Å². The fourth-order valence-corrected chi connectivity index (χ4v) is 3.42. The van der Waals surface area contributed by atoms with Crippen molar-refractivity contribution in [3.63, 3.8) is 0 Å². The van der Waals surface area contributed by atoms with Crippen LogP contribution in [0.3, 0.4) is 0 Å². The maximum Gasteiger partial charge on any atom is 0.248 e. The minimum absolute atomic E-state index is 0.380. The molecule has 0 unspecified atom stereocenters. The SMILES string of the molecule is Cc1nc(C)n(C[C@H]2CCCCN2Cc2ccc(C(N)=O)cc2)n1. The number of hydrogen-bond acceptors (Lipinski definition) is 4. The Bertz CT molecular complexity index is 707. The Kier molecular flexibility index (Phi) is 4.94. The molecule has 6 heteroatoms. The number of aromatic nitrogens is 3. The number of rotatable bonds is 5. The molecule has 24 heavy (non-hydrogen) atoms. The molecule has 1 aliphatic heterocycles. The van der Waals surface area contributed by atoms with Crippen molar-refractivity contribution in [1.29, 1.82) is 0 Å². The number of hydrogen-bond donors (Lipinski definition) is 1. The molecule has 0 radical (unpaired) electrons. The number of benzene rings is 1. The van der Waals surface area contributed by atoms with Gasteiger partial charge in [-0.15, -0.1) is 0 Å². The molecule has 1 atom stereocenters. The molecule has 2 N–H and O–H groups in total. The van der Waals surface area contributed by atoms with Crippen molar-refractivity contribution in [3.05, 3.63) is 47.0 Å². The van der Waals surface area contributed by atoms with Gasteiger partial charge in [-0.05, 0) is 50.9 Å². The van der Waals surface area contributed by atoms with Gasteiger partial charge >= 0.3 is 0 Å². The number of carbonyl (C=O) groups is 1. The van der Waals surface area contributed by atoms with E-state index in [4.69, 9.17) is 5.73 Å². The van der Waals surface area contributed by atoms with Gasteiger partial charge in [0, 0.05) is 18.2 Å². The summed E-state index contributed by atoms with van der Waals surface area (Å²) in [6.45, 7) is 6.80. The molecule has 0 spiro atoms. The number of piperidine rings is 1. The summed E-state index contributed by atoms with van der Waals surface area (Å²) in [6, 6.07) is 8.07. The van der Waals surface area contributed by atoms with Crippen LogP contribution in [-0.4, -0.2) is 38.2 Å². The van der Waals surface area contributed by atoms with Gasteiger partial charge in [-0.3, -0.25) is 9.69 Å². The van der Waals surface area contributed by atoms with Gasteiger partial charge in [-0.25, -0.2) is 9.67 Å². The van der Waals surface area contributed by atoms with Crippen LogP contribution in [0.5, 0.6) is 0 Å². The highest BCUT2D eigenvalue weighted by molar-refractivity contribution is 5.92. The van der Waals surface area contributed by atoms with Crippen LogP contribution in [0.1, 0.15) is 46.8 Å².